The molecule has 0 radical (unpaired) electrons. The first kappa shape index (κ1) is 19.7. The maximum atomic E-state index is 13.3. The fourth-order valence-electron chi connectivity index (χ4n) is 4.94. The summed E-state index contributed by atoms with van der Waals surface area (Å²) >= 11 is 0. The van der Waals surface area contributed by atoms with Crippen molar-refractivity contribution in [1.29, 1.82) is 0 Å². The molecule has 1 amide bonds. The number of carbonyl (C=O) groups is 1. The van der Waals surface area contributed by atoms with Gasteiger partial charge in [-0.3, -0.25) is 4.79 Å². The second kappa shape index (κ2) is 8.10. The van der Waals surface area contributed by atoms with Crippen molar-refractivity contribution in [3.05, 3.63) is 77.0 Å². The lowest BCUT2D eigenvalue weighted by Gasteiger charge is -2.34. The van der Waals surface area contributed by atoms with Gasteiger partial charge in [-0.25, -0.2) is 9.97 Å². The summed E-state index contributed by atoms with van der Waals surface area (Å²) in [5.74, 6) is 2.42. The third kappa shape index (κ3) is 4.02. The summed E-state index contributed by atoms with van der Waals surface area (Å²) in [7, 11) is 0. The lowest BCUT2D eigenvalue weighted by Crippen LogP contribution is -2.42. The van der Waals surface area contributed by atoms with Crippen LogP contribution in [0.3, 0.4) is 0 Å². The normalized spacial score (nSPS) is 20.5. The van der Waals surface area contributed by atoms with Gasteiger partial charge in [0.05, 0.1) is 6.20 Å². The van der Waals surface area contributed by atoms with E-state index >= 15 is 0 Å². The molecule has 5 rings (SSSR count). The van der Waals surface area contributed by atoms with Crippen LogP contribution in [0.1, 0.15) is 40.4 Å². The second-order valence-corrected chi connectivity index (χ2v) is 8.67. The van der Waals surface area contributed by atoms with Crippen molar-refractivity contribution in [3.8, 4) is 11.3 Å². The first-order valence-electron chi connectivity index (χ1n) is 10.9. The van der Waals surface area contributed by atoms with E-state index in [-0.39, 0.29) is 5.91 Å². The molecule has 6 nitrogen and oxygen atoms in total. The van der Waals surface area contributed by atoms with E-state index in [0.29, 0.717) is 23.2 Å². The van der Waals surface area contributed by atoms with Crippen LogP contribution in [-0.4, -0.2) is 39.0 Å². The number of piperidine rings is 1. The molecule has 1 saturated heterocycles. The van der Waals surface area contributed by atoms with E-state index in [4.69, 9.17) is 4.52 Å². The smallest absolute Gasteiger partial charge is 0.259 e. The minimum absolute atomic E-state index is 0.00181. The number of likely N-dealkylation sites (tertiary alicyclic amines) is 1. The van der Waals surface area contributed by atoms with Crippen molar-refractivity contribution < 1.29 is 9.32 Å². The molecule has 31 heavy (non-hydrogen) atoms. The van der Waals surface area contributed by atoms with Crippen LogP contribution in [0.2, 0.25) is 0 Å². The summed E-state index contributed by atoms with van der Waals surface area (Å²) < 4.78 is 5.43. The molecule has 6 heteroatoms. The molecule has 0 N–H and O–H groups in total. The molecule has 0 spiro atoms. The average Bonchev–Trinajstić information content (AvgIpc) is 3.39. The molecule has 1 aliphatic carbocycles. The SMILES string of the molecule is Cc1cc(C)nc(CC2=CC3CN(C(=O)c4cnoc4-c4ccccc4)CCC3C2)n1. The molecule has 1 fully saturated rings. The summed E-state index contributed by atoms with van der Waals surface area (Å²) in [6.45, 7) is 5.53. The van der Waals surface area contributed by atoms with E-state index in [0.717, 1.165) is 55.1 Å². The van der Waals surface area contributed by atoms with Gasteiger partial charge in [-0.15, -0.1) is 0 Å². The number of hydrogen-bond donors (Lipinski definition) is 0. The fraction of sp³-hybridized carbons (Fsp3) is 0.360. The average molecular weight is 415 g/mol. The lowest BCUT2D eigenvalue weighted by atomic mass is 9.87. The zero-order chi connectivity index (χ0) is 21.4. The van der Waals surface area contributed by atoms with Crippen LogP contribution in [0.25, 0.3) is 11.3 Å². The van der Waals surface area contributed by atoms with Crippen molar-refractivity contribution in [3.63, 3.8) is 0 Å². The van der Waals surface area contributed by atoms with Gasteiger partial charge in [0.15, 0.2) is 5.76 Å². The number of rotatable bonds is 4. The molecule has 1 aromatic carbocycles. The highest BCUT2D eigenvalue weighted by Crippen LogP contribution is 2.38. The number of carbonyl (C=O) groups excluding carboxylic acids is 1. The maximum absolute atomic E-state index is 13.3. The van der Waals surface area contributed by atoms with Gasteiger partial charge in [-0.2, -0.15) is 0 Å². The van der Waals surface area contributed by atoms with Crippen LogP contribution in [0.15, 0.2) is 58.8 Å². The molecular formula is C25H26N4O2. The summed E-state index contributed by atoms with van der Waals surface area (Å²) in [4.78, 5) is 24.4. The molecule has 0 saturated carbocycles. The van der Waals surface area contributed by atoms with Gasteiger partial charge in [-0.05, 0) is 44.6 Å². The minimum Gasteiger partial charge on any atom is -0.355 e. The summed E-state index contributed by atoms with van der Waals surface area (Å²) in [6, 6.07) is 11.7. The first-order chi connectivity index (χ1) is 15.1. The van der Waals surface area contributed by atoms with E-state index < -0.39 is 0 Å². The Hall–Kier alpha value is -3.28. The lowest BCUT2D eigenvalue weighted by molar-refractivity contribution is 0.0650. The Balaban J connectivity index is 1.30. The standard InChI is InChI=1S/C25H26N4O2/c1-16-10-17(2)28-23(27-16)13-18-11-20-8-9-29(15-21(20)12-18)25(30)22-14-26-31-24(22)19-6-4-3-5-7-19/h3-7,10,12,14,20-21H,8-9,11,13,15H2,1-2H3. The largest absolute Gasteiger partial charge is 0.355 e. The van der Waals surface area contributed by atoms with Gasteiger partial charge in [0.25, 0.3) is 5.91 Å². The number of allylic oxidation sites excluding steroid dienone is 1. The molecule has 158 valence electrons. The maximum Gasteiger partial charge on any atom is 0.259 e. The molecule has 2 aliphatic rings. The molecular weight excluding hydrogens is 388 g/mol. The number of amides is 1. The van der Waals surface area contributed by atoms with E-state index in [1.54, 1.807) is 6.20 Å². The van der Waals surface area contributed by atoms with Crippen molar-refractivity contribution in [2.24, 2.45) is 11.8 Å². The zero-order valence-corrected chi connectivity index (χ0v) is 17.9. The van der Waals surface area contributed by atoms with Crippen LogP contribution < -0.4 is 0 Å². The van der Waals surface area contributed by atoms with Crippen LogP contribution in [0, 0.1) is 25.7 Å². The third-order valence-electron chi connectivity index (χ3n) is 6.32. The summed E-state index contributed by atoms with van der Waals surface area (Å²) in [5, 5.41) is 3.91. The Morgan fingerprint density at radius 2 is 1.94 bits per heavy atom. The number of nitrogens with zero attached hydrogens (tertiary/aromatic N) is 4. The van der Waals surface area contributed by atoms with E-state index in [9.17, 15) is 4.79 Å². The quantitative estimate of drug-likeness (QED) is 0.592. The molecule has 3 aromatic rings. The van der Waals surface area contributed by atoms with Gasteiger partial charge in [0, 0.05) is 36.5 Å². The van der Waals surface area contributed by atoms with Gasteiger partial charge in [-0.1, -0.05) is 47.1 Å². The van der Waals surface area contributed by atoms with E-state index in [1.807, 2.05) is 55.1 Å². The number of hydrogen-bond acceptors (Lipinski definition) is 5. The number of aromatic nitrogens is 3. The number of benzene rings is 1. The van der Waals surface area contributed by atoms with Gasteiger partial charge < -0.3 is 9.42 Å². The predicted molar refractivity (Wildman–Crippen MR) is 117 cm³/mol. The monoisotopic (exact) mass is 414 g/mol. The minimum atomic E-state index is -0.00181. The molecule has 3 heterocycles. The van der Waals surface area contributed by atoms with E-state index in [2.05, 4.69) is 21.2 Å². The Kier molecular flexibility index (Phi) is 5.14. The Labute approximate surface area is 182 Å². The van der Waals surface area contributed by atoms with Gasteiger partial charge >= 0.3 is 0 Å². The topological polar surface area (TPSA) is 72.1 Å². The van der Waals surface area contributed by atoms with Gasteiger partial charge in [0.2, 0.25) is 0 Å². The summed E-state index contributed by atoms with van der Waals surface area (Å²) in [6.07, 6.45) is 6.79. The van der Waals surface area contributed by atoms with Crippen LogP contribution in [0.4, 0.5) is 0 Å². The van der Waals surface area contributed by atoms with Crippen molar-refractivity contribution in [2.45, 2.75) is 33.1 Å². The Bertz CT molecular complexity index is 1120. The fourth-order valence-corrected chi connectivity index (χ4v) is 4.94. The first-order valence-corrected chi connectivity index (χ1v) is 10.9. The van der Waals surface area contributed by atoms with Crippen molar-refractivity contribution in [1.82, 2.24) is 20.0 Å². The summed E-state index contributed by atoms with van der Waals surface area (Å²) in [5.41, 5.74) is 4.82. The molecule has 2 atom stereocenters. The van der Waals surface area contributed by atoms with Crippen LogP contribution in [0.5, 0.6) is 0 Å². The number of fused-ring (bicyclic) bond motifs is 1. The molecule has 1 aliphatic heterocycles. The van der Waals surface area contributed by atoms with Crippen LogP contribution in [-0.2, 0) is 6.42 Å². The van der Waals surface area contributed by atoms with Crippen LogP contribution >= 0.6 is 0 Å². The highest BCUT2D eigenvalue weighted by Gasteiger charge is 2.36. The third-order valence-corrected chi connectivity index (χ3v) is 6.32. The molecule has 0 bridgehead atoms. The second-order valence-electron chi connectivity index (χ2n) is 8.67. The van der Waals surface area contributed by atoms with Crippen molar-refractivity contribution >= 4 is 5.91 Å². The number of aryl methyl sites for hydroxylation is 2. The van der Waals surface area contributed by atoms with Gasteiger partial charge in [0.1, 0.15) is 11.4 Å². The Morgan fingerprint density at radius 3 is 2.71 bits per heavy atom. The van der Waals surface area contributed by atoms with Crippen molar-refractivity contribution in [2.75, 3.05) is 13.1 Å². The Morgan fingerprint density at radius 1 is 1.16 bits per heavy atom. The predicted octanol–water partition coefficient (Wildman–Crippen LogP) is 4.40. The molecule has 2 aromatic heterocycles. The molecule has 2 unspecified atom stereocenters. The highest BCUT2D eigenvalue weighted by atomic mass is 16.5. The van der Waals surface area contributed by atoms with E-state index in [1.165, 1.54) is 5.57 Å². The zero-order valence-electron chi connectivity index (χ0n) is 17.9. The highest BCUT2D eigenvalue weighted by molar-refractivity contribution is 5.99.